The van der Waals surface area contributed by atoms with E-state index in [1.54, 1.807) is 0 Å². The molecule has 3 aliphatic rings. The molecule has 0 amide bonds. The van der Waals surface area contributed by atoms with Gasteiger partial charge in [-0.05, 0) is 30.7 Å². The molecule has 0 bridgehead atoms. The molecule has 3 fully saturated rings. The Morgan fingerprint density at radius 1 is 1.06 bits per heavy atom. The van der Waals surface area contributed by atoms with Crippen molar-refractivity contribution < 1.29 is 21.2 Å². The number of rotatable bonds is 2. The average molecular weight is 309 g/mol. The molecule has 0 aromatic heterocycles. The standard InChI is InChI=1S/C8H20O5Si4/c1-5(6-2-3-7-8(4-6)9-7)17-12-15-10-14-11-16-13-17/h5-8,17H,2-4,14-16H2,1H3. The molecule has 1 saturated carbocycles. The van der Waals surface area contributed by atoms with Crippen LogP contribution in [0.15, 0.2) is 0 Å². The third-order valence-electron chi connectivity index (χ3n) is 4.02. The third kappa shape index (κ3) is 3.16. The van der Waals surface area contributed by atoms with Crippen molar-refractivity contribution in [1.82, 2.24) is 0 Å². The highest BCUT2D eigenvalue weighted by atomic mass is 28.4. The Bertz CT molecular complexity index is 262. The summed E-state index contributed by atoms with van der Waals surface area (Å²) < 4.78 is 28.4. The molecule has 0 aromatic carbocycles. The minimum atomic E-state index is -1.54. The van der Waals surface area contributed by atoms with Crippen LogP contribution in [-0.2, 0) is 21.2 Å². The van der Waals surface area contributed by atoms with Crippen LogP contribution in [0.2, 0.25) is 5.54 Å². The van der Waals surface area contributed by atoms with Crippen molar-refractivity contribution >= 4 is 39.3 Å². The van der Waals surface area contributed by atoms with Gasteiger partial charge in [-0.25, -0.2) is 0 Å². The molecule has 4 unspecified atom stereocenters. The molecule has 4 atom stereocenters. The van der Waals surface area contributed by atoms with Crippen LogP contribution in [0.3, 0.4) is 0 Å². The summed E-state index contributed by atoms with van der Waals surface area (Å²) >= 11 is 0. The molecular formula is C8H20O5Si4. The first-order valence-corrected chi connectivity index (χ1v) is 11.5. The van der Waals surface area contributed by atoms with E-state index in [4.69, 9.17) is 21.2 Å². The van der Waals surface area contributed by atoms with Crippen LogP contribution in [0.5, 0.6) is 0 Å². The van der Waals surface area contributed by atoms with Gasteiger partial charge in [0.05, 0.1) is 12.2 Å². The summed E-state index contributed by atoms with van der Waals surface area (Å²) in [4.78, 5) is 0. The summed E-state index contributed by atoms with van der Waals surface area (Å²) in [6, 6.07) is 0. The lowest BCUT2D eigenvalue weighted by molar-refractivity contribution is 0.288. The average Bonchev–Trinajstić information content (AvgIpc) is 3.05. The molecule has 2 heterocycles. The van der Waals surface area contributed by atoms with Gasteiger partial charge in [-0.2, -0.15) is 0 Å². The monoisotopic (exact) mass is 308 g/mol. The topological polar surface area (TPSA) is 49.5 Å². The molecule has 2 aliphatic heterocycles. The van der Waals surface area contributed by atoms with Crippen LogP contribution < -0.4 is 0 Å². The van der Waals surface area contributed by atoms with Crippen molar-refractivity contribution in [3.63, 3.8) is 0 Å². The summed E-state index contributed by atoms with van der Waals surface area (Å²) in [5.41, 5.74) is 0.576. The Morgan fingerprint density at radius 3 is 2.53 bits per heavy atom. The number of hydrogen-bond donors (Lipinski definition) is 0. The Kier molecular flexibility index (Phi) is 4.29. The molecule has 0 N–H and O–H groups in total. The molecule has 3 rings (SSSR count). The predicted octanol–water partition coefficient (Wildman–Crippen LogP) is -1.76. The molecule has 5 nitrogen and oxygen atoms in total. The SMILES string of the molecule is CC(C1CCC2OC2C1)[SiH]1O[SiH2]O[SiH2]O[SiH2]O1. The van der Waals surface area contributed by atoms with E-state index in [9.17, 15) is 0 Å². The maximum absolute atomic E-state index is 5.93. The number of hydrogen-bond acceptors (Lipinski definition) is 5. The zero-order valence-corrected chi connectivity index (χ0v) is 15.6. The van der Waals surface area contributed by atoms with E-state index >= 15 is 0 Å². The van der Waals surface area contributed by atoms with Crippen molar-refractivity contribution in [2.24, 2.45) is 5.92 Å². The Hall–Kier alpha value is 0.668. The van der Waals surface area contributed by atoms with Crippen molar-refractivity contribution in [1.29, 1.82) is 0 Å². The highest BCUT2D eigenvalue weighted by Gasteiger charge is 2.46. The van der Waals surface area contributed by atoms with Gasteiger partial charge in [0, 0.05) is 0 Å². The molecule has 1 aliphatic carbocycles. The first kappa shape index (κ1) is 12.7. The van der Waals surface area contributed by atoms with E-state index in [-0.39, 0.29) is 0 Å². The lowest BCUT2D eigenvalue weighted by Gasteiger charge is -2.31. The van der Waals surface area contributed by atoms with Crippen LogP contribution >= 0.6 is 0 Å². The van der Waals surface area contributed by atoms with E-state index in [1.165, 1.54) is 19.3 Å². The quantitative estimate of drug-likeness (QED) is 0.447. The second-order valence-corrected chi connectivity index (χ2v) is 13.5. The van der Waals surface area contributed by atoms with E-state index < -0.39 is 39.3 Å². The lowest BCUT2D eigenvalue weighted by Crippen LogP contribution is -2.39. The number of fused-ring (bicyclic) bond motifs is 1. The Morgan fingerprint density at radius 2 is 1.82 bits per heavy atom. The van der Waals surface area contributed by atoms with Crippen LogP contribution in [0, 0.1) is 5.92 Å². The van der Waals surface area contributed by atoms with E-state index in [2.05, 4.69) is 6.92 Å². The molecule has 98 valence electrons. The minimum absolute atomic E-state index is 0.549. The van der Waals surface area contributed by atoms with Gasteiger partial charge in [0.25, 0.3) is 30.0 Å². The summed E-state index contributed by atoms with van der Waals surface area (Å²) in [6.45, 7) is 2.30. The van der Waals surface area contributed by atoms with Gasteiger partial charge in [-0.3, -0.25) is 0 Å². The molecular weight excluding hydrogens is 288 g/mol. The fourth-order valence-electron chi connectivity index (χ4n) is 2.84. The molecule has 0 spiro atoms. The largest absolute Gasteiger partial charge is 0.425 e. The second-order valence-electron chi connectivity index (χ2n) is 5.11. The highest BCUT2D eigenvalue weighted by Crippen LogP contribution is 2.44. The first-order chi connectivity index (χ1) is 8.34. The molecule has 0 aromatic rings. The van der Waals surface area contributed by atoms with E-state index in [0.29, 0.717) is 17.7 Å². The van der Waals surface area contributed by atoms with Crippen LogP contribution in [-0.4, -0.2) is 51.5 Å². The predicted molar refractivity (Wildman–Crippen MR) is 72.5 cm³/mol. The van der Waals surface area contributed by atoms with Gasteiger partial charge in [0.15, 0.2) is 0 Å². The maximum atomic E-state index is 5.93. The minimum Gasteiger partial charge on any atom is -0.425 e. The van der Waals surface area contributed by atoms with Gasteiger partial charge < -0.3 is 21.2 Å². The van der Waals surface area contributed by atoms with Gasteiger partial charge >= 0.3 is 9.28 Å². The second kappa shape index (κ2) is 5.75. The number of ether oxygens (including phenoxy) is 1. The normalized spacial score (nSPS) is 48.5. The van der Waals surface area contributed by atoms with Gasteiger partial charge in [-0.15, -0.1) is 0 Å². The Balaban J connectivity index is 1.53. The number of epoxide rings is 1. The summed E-state index contributed by atoms with van der Waals surface area (Å²) in [5, 5.41) is 0. The van der Waals surface area contributed by atoms with Gasteiger partial charge in [-0.1, -0.05) is 6.92 Å². The molecule has 0 radical (unpaired) electrons. The van der Waals surface area contributed by atoms with Crippen LogP contribution in [0.4, 0.5) is 0 Å². The Labute approximate surface area is 111 Å². The fraction of sp³-hybridized carbons (Fsp3) is 1.00. The lowest BCUT2D eigenvalue weighted by atomic mass is 9.87. The first-order valence-electron chi connectivity index (χ1n) is 6.39. The fourth-order valence-corrected chi connectivity index (χ4v) is 13.0. The summed E-state index contributed by atoms with van der Waals surface area (Å²) in [6.07, 6.45) is 4.85. The maximum Gasteiger partial charge on any atom is 0.306 e. The smallest absolute Gasteiger partial charge is 0.306 e. The highest BCUT2D eigenvalue weighted by molar-refractivity contribution is 6.61. The summed E-state index contributed by atoms with van der Waals surface area (Å²) in [7, 11) is -3.91. The molecule has 9 heteroatoms. The van der Waals surface area contributed by atoms with Crippen LogP contribution in [0.1, 0.15) is 26.2 Å². The molecule has 17 heavy (non-hydrogen) atoms. The molecule has 2 saturated heterocycles. The summed E-state index contributed by atoms with van der Waals surface area (Å²) in [5.74, 6) is 0.732. The van der Waals surface area contributed by atoms with Gasteiger partial charge in [0.2, 0.25) is 0 Å². The van der Waals surface area contributed by atoms with Crippen molar-refractivity contribution in [3.05, 3.63) is 0 Å². The van der Waals surface area contributed by atoms with Crippen molar-refractivity contribution in [3.8, 4) is 0 Å². The zero-order chi connectivity index (χ0) is 11.7. The zero-order valence-electron chi connectivity index (χ0n) is 10.2. The third-order valence-corrected chi connectivity index (χ3v) is 11.8. The van der Waals surface area contributed by atoms with Crippen molar-refractivity contribution in [2.75, 3.05) is 0 Å². The van der Waals surface area contributed by atoms with Crippen molar-refractivity contribution in [2.45, 2.75) is 43.9 Å². The van der Waals surface area contributed by atoms with E-state index in [1.807, 2.05) is 0 Å². The van der Waals surface area contributed by atoms with Gasteiger partial charge in [0.1, 0.15) is 0 Å². The van der Waals surface area contributed by atoms with Crippen LogP contribution in [0.25, 0.3) is 0 Å². The van der Waals surface area contributed by atoms with E-state index in [0.717, 1.165) is 5.92 Å².